The van der Waals surface area contributed by atoms with Crippen LogP contribution in [0.15, 0.2) is 18.2 Å². The van der Waals surface area contributed by atoms with E-state index in [0.29, 0.717) is 17.7 Å². The predicted octanol–water partition coefficient (Wildman–Crippen LogP) is 3.60. The van der Waals surface area contributed by atoms with Gasteiger partial charge in [-0.25, -0.2) is 4.39 Å². The second-order valence-corrected chi connectivity index (χ2v) is 3.96. The topological polar surface area (TPSA) is 9.23 Å². The third kappa shape index (κ3) is 1.73. The first-order chi connectivity index (χ1) is 7.21. The van der Waals surface area contributed by atoms with Crippen LogP contribution in [-0.4, -0.2) is 5.60 Å². The molecule has 2 rings (SSSR count). The van der Waals surface area contributed by atoms with E-state index in [0.717, 1.165) is 12.8 Å². The molecule has 2 heteroatoms. The first-order valence-electron chi connectivity index (χ1n) is 5.42. The molecule has 0 aliphatic carbocycles. The number of hydrogen-bond donors (Lipinski definition) is 0. The Balaban J connectivity index is 2.34. The van der Waals surface area contributed by atoms with Crippen molar-refractivity contribution in [2.75, 3.05) is 0 Å². The van der Waals surface area contributed by atoms with Crippen LogP contribution in [0.5, 0.6) is 5.75 Å². The van der Waals surface area contributed by atoms with Crippen molar-refractivity contribution in [3.05, 3.63) is 36.0 Å². The zero-order valence-electron chi connectivity index (χ0n) is 9.14. The maximum Gasteiger partial charge on any atom is 0.130 e. The second kappa shape index (κ2) is 3.84. The van der Waals surface area contributed by atoms with Gasteiger partial charge in [-0.1, -0.05) is 19.9 Å². The lowest BCUT2D eigenvalue weighted by Crippen LogP contribution is -2.37. The van der Waals surface area contributed by atoms with Crippen molar-refractivity contribution < 1.29 is 9.13 Å². The Hall–Kier alpha value is -1.05. The van der Waals surface area contributed by atoms with Crippen LogP contribution in [0.3, 0.4) is 0 Å². The Morgan fingerprint density at radius 1 is 1.40 bits per heavy atom. The lowest BCUT2D eigenvalue weighted by molar-refractivity contribution is 0.0500. The van der Waals surface area contributed by atoms with E-state index < -0.39 is 0 Å². The van der Waals surface area contributed by atoms with Crippen molar-refractivity contribution in [1.82, 2.24) is 0 Å². The average molecular weight is 206 g/mol. The fraction of sp³-hybridized carbons (Fsp3) is 0.462. The lowest BCUT2D eigenvalue weighted by atomic mass is 9.86. The number of hydrogen-bond acceptors (Lipinski definition) is 1. The molecule has 1 aromatic rings. The molecule has 0 atom stereocenters. The number of fused-ring (bicyclic) bond motifs is 1. The van der Waals surface area contributed by atoms with E-state index in [4.69, 9.17) is 4.74 Å². The molecule has 0 saturated heterocycles. The summed E-state index contributed by atoms with van der Waals surface area (Å²) in [4.78, 5) is 0. The van der Waals surface area contributed by atoms with Gasteiger partial charge >= 0.3 is 0 Å². The van der Waals surface area contributed by atoms with Crippen LogP contribution in [0.2, 0.25) is 0 Å². The van der Waals surface area contributed by atoms with Crippen LogP contribution >= 0.6 is 0 Å². The minimum Gasteiger partial charge on any atom is -0.487 e. The summed E-state index contributed by atoms with van der Waals surface area (Å²) in [5, 5.41) is 0. The molecule has 1 aromatic carbocycles. The molecule has 1 aliphatic rings. The van der Waals surface area contributed by atoms with Gasteiger partial charge in [0.2, 0.25) is 0 Å². The van der Waals surface area contributed by atoms with E-state index in [-0.39, 0.29) is 11.4 Å². The molecule has 2 radical (unpaired) electrons. The fourth-order valence-corrected chi connectivity index (χ4v) is 1.92. The van der Waals surface area contributed by atoms with Gasteiger partial charge in [0.05, 0.1) is 0 Å². The highest BCUT2D eigenvalue weighted by Crippen LogP contribution is 2.38. The number of ether oxygens (including phenoxy) is 1. The van der Waals surface area contributed by atoms with Crippen LogP contribution in [0.1, 0.15) is 38.7 Å². The third-order valence-electron chi connectivity index (χ3n) is 3.18. The second-order valence-electron chi connectivity index (χ2n) is 3.96. The van der Waals surface area contributed by atoms with Crippen molar-refractivity contribution in [3.63, 3.8) is 0 Å². The van der Waals surface area contributed by atoms with E-state index in [1.807, 2.05) is 6.07 Å². The zero-order valence-corrected chi connectivity index (χ0v) is 9.14. The van der Waals surface area contributed by atoms with E-state index >= 15 is 0 Å². The third-order valence-corrected chi connectivity index (χ3v) is 3.18. The standard InChI is InChI=1S/C13H15FO/c1-3-13(4-2)9-8-10-11(14)6-5-7-12(10)15-13/h5-7H,3-4,9H2,1-2H3. The molecule has 0 saturated carbocycles. The van der Waals surface area contributed by atoms with Gasteiger partial charge in [-0.05, 0) is 31.4 Å². The summed E-state index contributed by atoms with van der Waals surface area (Å²) >= 11 is 0. The van der Waals surface area contributed by atoms with Crippen LogP contribution in [0.25, 0.3) is 0 Å². The van der Waals surface area contributed by atoms with Gasteiger partial charge in [-0.3, -0.25) is 0 Å². The molecular formula is C13H15FO. The van der Waals surface area contributed by atoms with Crippen molar-refractivity contribution in [2.45, 2.75) is 38.7 Å². The van der Waals surface area contributed by atoms with Gasteiger partial charge in [0.25, 0.3) is 0 Å². The molecule has 0 N–H and O–H groups in total. The summed E-state index contributed by atoms with van der Waals surface area (Å²) in [7, 11) is 0. The van der Waals surface area contributed by atoms with Crippen molar-refractivity contribution in [1.29, 1.82) is 0 Å². The highest BCUT2D eigenvalue weighted by molar-refractivity contribution is 5.42. The summed E-state index contributed by atoms with van der Waals surface area (Å²) in [6.07, 6.45) is 5.64. The molecule has 0 bridgehead atoms. The molecule has 15 heavy (non-hydrogen) atoms. The zero-order chi connectivity index (χ0) is 10.9. The van der Waals surface area contributed by atoms with Crippen LogP contribution in [0.4, 0.5) is 4.39 Å². The Bertz CT molecular complexity index is 356. The van der Waals surface area contributed by atoms with E-state index in [9.17, 15) is 4.39 Å². The maximum absolute atomic E-state index is 13.4. The minimum absolute atomic E-state index is 0.180. The summed E-state index contributed by atoms with van der Waals surface area (Å²) in [5.74, 6) is 0.387. The molecule has 0 aromatic heterocycles. The van der Waals surface area contributed by atoms with E-state index in [1.54, 1.807) is 6.07 Å². The Kier molecular flexibility index (Phi) is 2.68. The molecular weight excluding hydrogens is 191 g/mol. The summed E-state index contributed by atoms with van der Waals surface area (Å²) < 4.78 is 19.3. The molecule has 1 aliphatic heterocycles. The van der Waals surface area contributed by atoms with Gasteiger partial charge in [-0.2, -0.15) is 0 Å². The van der Waals surface area contributed by atoms with E-state index in [1.165, 1.54) is 6.07 Å². The Morgan fingerprint density at radius 2 is 2.13 bits per heavy atom. The van der Waals surface area contributed by atoms with Crippen molar-refractivity contribution in [3.8, 4) is 5.75 Å². The molecule has 0 spiro atoms. The largest absolute Gasteiger partial charge is 0.487 e. The Labute approximate surface area is 90.3 Å². The van der Waals surface area contributed by atoms with Crippen molar-refractivity contribution >= 4 is 0 Å². The number of halogens is 1. The normalized spacial score (nSPS) is 18.1. The van der Waals surface area contributed by atoms with E-state index in [2.05, 4.69) is 20.3 Å². The number of benzene rings is 1. The average Bonchev–Trinajstić information content (AvgIpc) is 2.29. The summed E-state index contributed by atoms with van der Waals surface area (Å²) in [5.41, 5.74) is 0.316. The SMILES string of the molecule is CCC1(CC)C[C]c2c(F)cccc2O1. The molecule has 1 nitrogen and oxygen atoms in total. The maximum atomic E-state index is 13.4. The quantitative estimate of drug-likeness (QED) is 0.718. The lowest BCUT2D eigenvalue weighted by Gasteiger charge is -2.37. The number of rotatable bonds is 2. The highest BCUT2D eigenvalue weighted by atomic mass is 19.1. The predicted molar refractivity (Wildman–Crippen MR) is 57.3 cm³/mol. The molecule has 0 fully saturated rings. The Morgan fingerprint density at radius 3 is 2.80 bits per heavy atom. The van der Waals surface area contributed by atoms with Gasteiger partial charge in [0, 0.05) is 12.0 Å². The van der Waals surface area contributed by atoms with Crippen LogP contribution in [0, 0.1) is 12.2 Å². The smallest absolute Gasteiger partial charge is 0.130 e. The minimum atomic E-state index is -0.242. The van der Waals surface area contributed by atoms with Crippen molar-refractivity contribution in [2.24, 2.45) is 0 Å². The molecule has 80 valence electrons. The fourth-order valence-electron chi connectivity index (χ4n) is 1.92. The molecule has 1 heterocycles. The van der Waals surface area contributed by atoms with Gasteiger partial charge in [-0.15, -0.1) is 0 Å². The highest BCUT2D eigenvalue weighted by Gasteiger charge is 2.34. The molecule has 0 amide bonds. The summed E-state index contributed by atoms with van der Waals surface area (Å²) in [6.45, 7) is 4.19. The van der Waals surface area contributed by atoms with Gasteiger partial charge in [0.15, 0.2) is 0 Å². The van der Waals surface area contributed by atoms with Gasteiger partial charge in [0.1, 0.15) is 17.2 Å². The van der Waals surface area contributed by atoms with Crippen LogP contribution in [-0.2, 0) is 0 Å². The first kappa shape index (κ1) is 10.5. The van der Waals surface area contributed by atoms with Gasteiger partial charge < -0.3 is 4.74 Å². The van der Waals surface area contributed by atoms with Crippen LogP contribution < -0.4 is 4.74 Å². The summed E-state index contributed by atoms with van der Waals surface area (Å²) in [6, 6.07) is 4.93. The monoisotopic (exact) mass is 206 g/mol. The molecule has 0 unspecified atom stereocenters. The first-order valence-corrected chi connectivity index (χ1v) is 5.42.